The number of aromatic hydroxyl groups is 1. The molecule has 1 rings (SSSR count). The van der Waals surface area contributed by atoms with Gasteiger partial charge in [0.25, 0.3) is 5.91 Å². The Kier molecular flexibility index (Phi) is 4.62. The van der Waals surface area contributed by atoms with Crippen molar-refractivity contribution in [3.63, 3.8) is 0 Å². The Hall–Kier alpha value is -1.23. The number of halogens is 1. The maximum absolute atomic E-state index is 12.3. The van der Waals surface area contributed by atoms with Crippen molar-refractivity contribution in [2.45, 2.75) is 19.4 Å². The second kappa shape index (κ2) is 5.61. The molecule has 1 aromatic carbocycles. The lowest BCUT2D eigenvalue weighted by Crippen LogP contribution is -2.46. The molecule has 5 heteroatoms. The summed E-state index contributed by atoms with van der Waals surface area (Å²) in [6, 6.07) is 4.88. The minimum absolute atomic E-state index is 0.123. The van der Waals surface area contributed by atoms with E-state index in [0.29, 0.717) is 11.1 Å². The van der Waals surface area contributed by atoms with Crippen molar-refractivity contribution in [1.29, 1.82) is 0 Å². The summed E-state index contributed by atoms with van der Waals surface area (Å²) >= 11 is 3.38. The highest BCUT2D eigenvalue weighted by Crippen LogP contribution is 2.31. The number of benzene rings is 1. The van der Waals surface area contributed by atoms with Crippen molar-refractivity contribution in [1.82, 2.24) is 4.90 Å². The summed E-state index contributed by atoms with van der Waals surface area (Å²) in [5.41, 5.74) is -0.0991. The van der Waals surface area contributed by atoms with Gasteiger partial charge in [0.05, 0.1) is 12.7 Å². The number of nitrogens with zero attached hydrogens (tertiary/aromatic N) is 1. The molecule has 1 N–H and O–H groups in total. The molecule has 0 saturated heterocycles. The van der Waals surface area contributed by atoms with E-state index >= 15 is 0 Å². The van der Waals surface area contributed by atoms with Gasteiger partial charge in [0.1, 0.15) is 0 Å². The van der Waals surface area contributed by atoms with Gasteiger partial charge in [-0.3, -0.25) is 4.79 Å². The van der Waals surface area contributed by atoms with E-state index in [2.05, 4.69) is 15.9 Å². The summed E-state index contributed by atoms with van der Waals surface area (Å²) in [5, 5.41) is 10.6. The summed E-state index contributed by atoms with van der Waals surface area (Å²) < 4.78 is 5.00. The number of amides is 1. The number of carbonyl (C=O) groups is 1. The smallest absolute Gasteiger partial charge is 0.257 e. The molecule has 0 heterocycles. The van der Waals surface area contributed by atoms with E-state index in [1.165, 1.54) is 7.11 Å². The second-order valence-corrected chi connectivity index (χ2v) is 5.23. The molecule has 18 heavy (non-hydrogen) atoms. The fraction of sp³-hybridized carbons (Fsp3) is 0.462. The summed E-state index contributed by atoms with van der Waals surface area (Å²) in [7, 11) is 3.16. The van der Waals surface area contributed by atoms with Gasteiger partial charge in [0.2, 0.25) is 0 Å². The summed E-state index contributed by atoms with van der Waals surface area (Å²) in [4.78, 5) is 13.9. The van der Waals surface area contributed by atoms with E-state index in [4.69, 9.17) is 4.74 Å². The van der Waals surface area contributed by atoms with Crippen LogP contribution < -0.4 is 4.74 Å². The third kappa shape index (κ3) is 2.77. The van der Waals surface area contributed by atoms with Crippen molar-refractivity contribution in [3.8, 4) is 11.5 Å². The largest absolute Gasteiger partial charge is 0.504 e. The first-order chi connectivity index (χ1) is 8.35. The lowest BCUT2D eigenvalue weighted by atomic mass is 10.0. The van der Waals surface area contributed by atoms with E-state index in [-0.39, 0.29) is 22.8 Å². The topological polar surface area (TPSA) is 49.8 Å². The molecule has 0 fully saturated rings. The molecular formula is C13H18BrNO3. The zero-order valence-electron chi connectivity index (χ0n) is 11.0. The molecule has 4 nitrogen and oxygen atoms in total. The quantitative estimate of drug-likeness (QED) is 0.869. The standard InChI is InChI=1S/C13H18BrNO3/c1-13(2,8-14)15(3)12(17)9-6-5-7-10(18-4)11(9)16/h5-7,16H,8H2,1-4H3. The third-order valence-corrected chi connectivity index (χ3v) is 4.36. The first-order valence-electron chi connectivity index (χ1n) is 5.55. The fourth-order valence-corrected chi connectivity index (χ4v) is 1.78. The van der Waals surface area contributed by atoms with Crippen LogP contribution in [0, 0.1) is 0 Å². The SMILES string of the molecule is COc1cccc(C(=O)N(C)C(C)(C)CBr)c1O. The monoisotopic (exact) mass is 315 g/mol. The van der Waals surface area contributed by atoms with Crippen molar-refractivity contribution in [2.24, 2.45) is 0 Å². The number of hydrogen-bond acceptors (Lipinski definition) is 3. The number of phenolic OH excluding ortho intramolecular Hbond substituents is 1. The predicted molar refractivity (Wildman–Crippen MR) is 74.6 cm³/mol. The van der Waals surface area contributed by atoms with Gasteiger partial charge in [0, 0.05) is 17.9 Å². The number of alkyl halides is 1. The van der Waals surface area contributed by atoms with Crippen molar-refractivity contribution >= 4 is 21.8 Å². The molecular weight excluding hydrogens is 298 g/mol. The highest BCUT2D eigenvalue weighted by atomic mass is 79.9. The number of rotatable bonds is 4. The van der Waals surface area contributed by atoms with Crippen LogP contribution in [0.25, 0.3) is 0 Å². The number of carbonyl (C=O) groups excluding carboxylic acids is 1. The van der Waals surface area contributed by atoms with Crippen LogP contribution in [0.15, 0.2) is 18.2 Å². The van der Waals surface area contributed by atoms with E-state index in [0.717, 1.165) is 0 Å². The van der Waals surface area contributed by atoms with Crippen molar-refractivity contribution < 1.29 is 14.6 Å². The second-order valence-electron chi connectivity index (χ2n) is 4.67. The van der Waals surface area contributed by atoms with Gasteiger partial charge in [-0.15, -0.1) is 0 Å². The van der Waals surface area contributed by atoms with Crippen LogP contribution in [0.1, 0.15) is 24.2 Å². The Morgan fingerprint density at radius 1 is 1.50 bits per heavy atom. The molecule has 0 atom stereocenters. The highest BCUT2D eigenvalue weighted by Gasteiger charge is 2.29. The molecule has 0 aliphatic rings. The molecule has 0 saturated carbocycles. The van der Waals surface area contributed by atoms with Crippen molar-refractivity contribution in [2.75, 3.05) is 19.5 Å². The van der Waals surface area contributed by atoms with Crippen LogP contribution in [0.3, 0.4) is 0 Å². The summed E-state index contributed by atoms with van der Waals surface area (Å²) in [5.74, 6) is -0.0658. The van der Waals surface area contributed by atoms with Crippen LogP contribution in [-0.4, -0.2) is 40.9 Å². The minimum atomic E-state index is -0.341. The Morgan fingerprint density at radius 2 is 2.11 bits per heavy atom. The molecule has 0 bridgehead atoms. The minimum Gasteiger partial charge on any atom is -0.504 e. The number of ether oxygens (including phenoxy) is 1. The van der Waals surface area contributed by atoms with Gasteiger partial charge in [-0.2, -0.15) is 0 Å². The number of para-hydroxylation sites is 1. The van der Waals surface area contributed by atoms with Crippen LogP contribution in [0.2, 0.25) is 0 Å². The van der Waals surface area contributed by atoms with Gasteiger partial charge < -0.3 is 14.7 Å². The average Bonchev–Trinajstić information content (AvgIpc) is 2.37. The van der Waals surface area contributed by atoms with Crippen LogP contribution >= 0.6 is 15.9 Å². The lowest BCUT2D eigenvalue weighted by Gasteiger charge is -2.34. The molecule has 1 amide bonds. The van der Waals surface area contributed by atoms with Crippen molar-refractivity contribution in [3.05, 3.63) is 23.8 Å². The summed E-state index contributed by atoms with van der Waals surface area (Å²) in [6.45, 7) is 3.88. The van der Waals surface area contributed by atoms with Gasteiger partial charge in [0.15, 0.2) is 11.5 Å². The Bertz CT molecular complexity index is 446. The average molecular weight is 316 g/mol. The van der Waals surface area contributed by atoms with Crippen LogP contribution in [-0.2, 0) is 0 Å². The molecule has 0 spiro atoms. The first-order valence-corrected chi connectivity index (χ1v) is 6.67. The fourth-order valence-electron chi connectivity index (χ4n) is 1.40. The Labute approximate surface area is 116 Å². The number of methoxy groups -OCH3 is 1. The van der Waals surface area contributed by atoms with E-state index in [1.807, 2.05) is 13.8 Å². The Morgan fingerprint density at radius 3 is 2.61 bits per heavy atom. The molecule has 0 aromatic heterocycles. The highest BCUT2D eigenvalue weighted by molar-refractivity contribution is 9.09. The van der Waals surface area contributed by atoms with E-state index in [1.54, 1.807) is 30.1 Å². The molecule has 0 aliphatic carbocycles. The van der Waals surface area contributed by atoms with Gasteiger partial charge in [-0.25, -0.2) is 0 Å². The first kappa shape index (κ1) is 14.8. The molecule has 0 unspecified atom stereocenters. The number of hydrogen-bond donors (Lipinski definition) is 1. The maximum atomic E-state index is 12.3. The van der Waals surface area contributed by atoms with Crippen LogP contribution in [0.5, 0.6) is 11.5 Å². The predicted octanol–water partition coefficient (Wildman–Crippen LogP) is 2.65. The molecule has 1 aromatic rings. The Balaban J connectivity index is 3.12. The molecule has 0 radical (unpaired) electrons. The van der Waals surface area contributed by atoms with Gasteiger partial charge >= 0.3 is 0 Å². The zero-order valence-corrected chi connectivity index (χ0v) is 12.6. The van der Waals surface area contributed by atoms with E-state index in [9.17, 15) is 9.90 Å². The number of phenols is 1. The van der Waals surface area contributed by atoms with Crippen LogP contribution in [0.4, 0.5) is 0 Å². The normalized spacial score (nSPS) is 11.2. The molecule has 0 aliphatic heterocycles. The van der Waals surface area contributed by atoms with Gasteiger partial charge in [-0.1, -0.05) is 22.0 Å². The maximum Gasteiger partial charge on any atom is 0.257 e. The van der Waals surface area contributed by atoms with E-state index < -0.39 is 0 Å². The van der Waals surface area contributed by atoms with Gasteiger partial charge in [-0.05, 0) is 26.0 Å². The third-order valence-electron chi connectivity index (χ3n) is 2.99. The molecule has 100 valence electrons. The zero-order chi connectivity index (χ0) is 13.9. The summed E-state index contributed by atoms with van der Waals surface area (Å²) in [6.07, 6.45) is 0. The lowest BCUT2D eigenvalue weighted by molar-refractivity contribution is 0.0660.